The van der Waals surface area contributed by atoms with Crippen molar-refractivity contribution in [3.8, 4) is 12.3 Å². The van der Waals surface area contributed by atoms with Crippen LogP contribution in [0.5, 0.6) is 0 Å². The van der Waals surface area contributed by atoms with Gasteiger partial charge in [0, 0.05) is 0 Å². The Morgan fingerprint density at radius 2 is 1.81 bits per heavy atom. The molecule has 0 rings (SSSR count). The first-order chi connectivity index (χ1) is 10.0. The van der Waals surface area contributed by atoms with Crippen molar-refractivity contribution in [1.82, 2.24) is 3.11 Å². The molecule has 0 aromatic heterocycles. The van der Waals surface area contributed by atoms with Gasteiger partial charge in [-0.25, -0.2) is 12.7 Å². The van der Waals surface area contributed by atoms with Crippen LogP contribution in [0.15, 0.2) is 0 Å². The van der Waals surface area contributed by atoms with Gasteiger partial charge in [-0.05, 0) is 13.3 Å². The molecule has 0 fully saturated rings. The smallest absolute Gasteiger partial charge is 0.420 e. The van der Waals surface area contributed by atoms with Crippen LogP contribution in [0.25, 0.3) is 0 Å². The topological polar surface area (TPSA) is 55.8 Å². The molecule has 5 nitrogen and oxygen atoms in total. The summed E-state index contributed by atoms with van der Waals surface area (Å²) in [6, 6.07) is -0.698. The highest BCUT2D eigenvalue weighted by Crippen LogP contribution is 2.11. The maximum atomic E-state index is 11.8. The average Bonchev–Trinajstić information content (AvgIpc) is 2.49. The minimum Gasteiger partial charge on any atom is -0.464 e. The van der Waals surface area contributed by atoms with Crippen LogP contribution in [0.4, 0.5) is 4.79 Å². The van der Waals surface area contributed by atoms with Gasteiger partial charge >= 0.3 is 12.1 Å². The minimum atomic E-state index is -0.698. The van der Waals surface area contributed by atoms with E-state index in [9.17, 15) is 9.59 Å². The van der Waals surface area contributed by atoms with Gasteiger partial charge < -0.3 is 9.47 Å². The number of esters is 1. The van der Waals surface area contributed by atoms with E-state index in [-0.39, 0.29) is 6.61 Å². The number of amides is 1. The molecule has 1 atom stereocenters. The summed E-state index contributed by atoms with van der Waals surface area (Å²) in [6.45, 7) is 4.04. The number of terminal acetylenes is 1. The number of hydrogen-bond acceptors (Lipinski definition) is 4. The summed E-state index contributed by atoms with van der Waals surface area (Å²) in [5.74, 6) is 1.76. The number of nitrogens with zero attached hydrogens (tertiary/aromatic N) is 1. The average molecular weight is 409 g/mol. The predicted octanol–water partition coefficient (Wildman–Crippen LogP) is 3.70. The van der Waals surface area contributed by atoms with E-state index in [2.05, 4.69) is 12.8 Å². The number of rotatable bonds is 10. The maximum Gasteiger partial charge on any atom is 0.420 e. The van der Waals surface area contributed by atoms with Gasteiger partial charge in [-0.2, -0.15) is 0 Å². The van der Waals surface area contributed by atoms with E-state index in [0.717, 1.165) is 22.4 Å². The Morgan fingerprint density at radius 1 is 1.19 bits per heavy atom. The highest BCUT2D eigenvalue weighted by atomic mass is 127. The number of hydrogen-bond donors (Lipinski definition) is 0. The van der Waals surface area contributed by atoms with Crippen LogP contribution in [0.1, 0.15) is 52.4 Å². The molecule has 0 aromatic carbocycles. The van der Waals surface area contributed by atoms with Crippen LogP contribution in [0.2, 0.25) is 0 Å². The lowest BCUT2D eigenvalue weighted by Gasteiger charge is -2.20. The molecule has 120 valence electrons. The third-order valence-corrected chi connectivity index (χ3v) is 4.11. The second-order valence-corrected chi connectivity index (χ2v) is 5.72. The van der Waals surface area contributed by atoms with Crippen LogP contribution in [0, 0.1) is 12.3 Å². The summed E-state index contributed by atoms with van der Waals surface area (Å²) in [6.07, 6.45) is 11.1. The summed E-state index contributed by atoms with van der Waals surface area (Å²) >= 11 is 1.72. The molecule has 0 saturated carbocycles. The number of halogens is 1. The Hall–Kier alpha value is -0.970. The van der Waals surface area contributed by atoms with Crippen LogP contribution in [-0.2, 0) is 14.3 Å². The standard InChI is InChI=1S/C15H24INO4/c1-4-6-7-8-9-10-12-20-14(18)13(3)17(16)15(19)21-11-5-2/h2,13H,4,6-12H2,1,3H3/t13-/m0/s1. The molecule has 0 bridgehead atoms. The minimum absolute atomic E-state index is 0.113. The van der Waals surface area contributed by atoms with Gasteiger partial charge in [0.05, 0.1) is 29.5 Å². The molecule has 1 amide bonds. The number of carbonyl (C=O) groups is 2. The van der Waals surface area contributed by atoms with Crippen LogP contribution in [0.3, 0.4) is 0 Å². The maximum absolute atomic E-state index is 11.8. The summed E-state index contributed by atoms with van der Waals surface area (Å²) in [5, 5.41) is 0. The highest BCUT2D eigenvalue weighted by Gasteiger charge is 2.26. The van der Waals surface area contributed by atoms with E-state index in [0.29, 0.717) is 6.61 Å². The van der Waals surface area contributed by atoms with E-state index in [1.54, 1.807) is 29.8 Å². The molecular formula is C15H24INO4. The van der Waals surface area contributed by atoms with E-state index in [4.69, 9.17) is 15.9 Å². The molecule has 0 spiro atoms. The SMILES string of the molecule is C#CCOC(=O)N(I)[C@@H](C)C(=O)OCCCCCCCC. The lowest BCUT2D eigenvalue weighted by molar-refractivity contribution is -0.147. The van der Waals surface area contributed by atoms with Crippen molar-refractivity contribution in [2.24, 2.45) is 0 Å². The Kier molecular flexibility index (Phi) is 12.2. The van der Waals surface area contributed by atoms with Crippen molar-refractivity contribution in [3.63, 3.8) is 0 Å². The van der Waals surface area contributed by atoms with Crippen molar-refractivity contribution >= 4 is 34.9 Å². The van der Waals surface area contributed by atoms with Gasteiger partial charge in [-0.3, -0.25) is 0 Å². The Bertz CT molecular complexity index is 354. The first kappa shape index (κ1) is 20.0. The van der Waals surface area contributed by atoms with E-state index in [1.807, 2.05) is 0 Å². The van der Waals surface area contributed by atoms with E-state index < -0.39 is 18.1 Å². The molecule has 0 aromatic rings. The summed E-state index contributed by atoms with van der Waals surface area (Å²) in [4.78, 5) is 23.3. The van der Waals surface area contributed by atoms with Crippen molar-refractivity contribution in [3.05, 3.63) is 0 Å². The predicted molar refractivity (Wildman–Crippen MR) is 89.8 cm³/mol. The lowest BCUT2D eigenvalue weighted by atomic mass is 10.1. The van der Waals surface area contributed by atoms with Gasteiger partial charge in [-0.15, -0.1) is 6.42 Å². The number of ether oxygens (including phenoxy) is 2. The van der Waals surface area contributed by atoms with Crippen molar-refractivity contribution in [2.75, 3.05) is 13.2 Å². The van der Waals surface area contributed by atoms with Gasteiger partial charge in [0.1, 0.15) is 6.04 Å². The summed E-state index contributed by atoms with van der Waals surface area (Å²) in [5.41, 5.74) is 0. The fourth-order valence-electron chi connectivity index (χ4n) is 1.59. The van der Waals surface area contributed by atoms with Crippen LogP contribution < -0.4 is 0 Å². The monoisotopic (exact) mass is 409 g/mol. The second kappa shape index (κ2) is 12.7. The molecule has 0 aliphatic carbocycles. The van der Waals surface area contributed by atoms with Crippen molar-refractivity contribution in [2.45, 2.75) is 58.4 Å². The van der Waals surface area contributed by atoms with Crippen LogP contribution >= 0.6 is 22.9 Å². The van der Waals surface area contributed by atoms with Gasteiger partial charge in [0.2, 0.25) is 0 Å². The Labute approximate surface area is 141 Å². The van der Waals surface area contributed by atoms with Gasteiger partial charge in [0.15, 0.2) is 6.61 Å². The van der Waals surface area contributed by atoms with E-state index >= 15 is 0 Å². The third-order valence-electron chi connectivity index (χ3n) is 2.88. The molecular weight excluding hydrogens is 385 g/mol. The first-order valence-corrected chi connectivity index (χ1v) is 8.22. The van der Waals surface area contributed by atoms with Gasteiger partial charge in [-0.1, -0.05) is 44.9 Å². The van der Waals surface area contributed by atoms with Crippen molar-refractivity contribution < 1.29 is 19.1 Å². The fraction of sp³-hybridized carbons (Fsp3) is 0.733. The normalized spacial score (nSPS) is 11.3. The molecule has 6 heteroatoms. The molecule has 0 saturated heterocycles. The molecule has 0 heterocycles. The largest absolute Gasteiger partial charge is 0.464 e. The molecule has 0 N–H and O–H groups in total. The number of carbonyl (C=O) groups excluding carboxylic acids is 2. The van der Waals surface area contributed by atoms with Gasteiger partial charge in [0.25, 0.3) is 0 Å². The van der Waals surface area contributed by atoms with E-state index in [1.165, 1.54) is 19.3 Å². The second-order valence-electron chi connectivity index (χ2n) is 4.68. The number of unbranched alkanes of at least 4 members (excludes halogenated alkanes) is 5. The first-order valence-electron chi connectivity index (χ1n) is 7.26. The zero-order valence-corrected chi connectivity index (χ0v) is 14.9. The lowest BCUT2D eigenvalue weighted by Crippen LogP contribution is -2.37. The molecule has 0 aliphatic rings. The molecule has 0 aliphatic heterocycles. The summed E-state index contributed by atoms with van der Waals surface area (Å²) < 4.78 is 11.0. The highest BCUT2D eigenvalue weighted by molar-refractivity contribution is 14.1. The molecule has 0 radical (unpaired) electrons. The van der Waals surface area contributed by atoms with Crippen molar-refractivity contribution in [1.29, 1.82) is 0 Å². The Morgan fingerprint density at radius 3 is 2.43 bits per heavy atom. The fourth-order valence-corrected chi connectivity index (χ4v) is 1.96. The molecule has 0 unspecified atom stereocenters. The van der Waals surface area contributed by atoms with Crippen LogP contribution in [-0.4, -0.2) is 34.4 Å². The third kappa shape index (κ3) is 9.56. The quantitative estimate of drug-likeness (QED) is 0.182. The molecule has 21 heavy (non-hydrogen) atoms. The zero-order valence-electron chi connectivity index (χ0n) is 12.8. The zero-order chi connectivity index (χ0) is 16.1. The summed E-state index contributed by atoms with van der Waals surface area (Å²) in [7, 11) is 0. The Balaban J connectivity index is 3.84.